The fourth-order valence-electron chi connectivity index (χ4n) is 3.28. The van der Waals surface area contributed by atoms with E-state index >= 15 is 0 Å². The Morgan fingerprint density at radius 2 is 1.83 bits per heavy atom. The van der Waals surface area contributed by atoms with Crippen molar-refractivity contribution in [2.75, 3.05) is 18.0 Å². The van der Waals surface area contributed by atoms with Gasteiger partial charge in [0.15, 0.2) is 11.5 Å². The van der Waals surface area contributed by atoms with E-state index in [0.29, 0.717) is 5.65 Å². The predicted molar refractivity (Wildman–Crippen MR) is 88.3 cm³/mol. The second-order valence-corrected chi connectivity index (χ2v) is 6.17. The normalized spacial score (nSPS) is 16.1. The molecule has 0 N–H and O–H groups in total. The minimum Gasteiger partial charge on any atom is -0.355 e. The van der Waals surface area contributed by atoms with Gasteiger partial charge in [0.2, 0.25) is 0 Å². The number of hydrogen-bond acceptors (Lipinski definition) is 5. The molecule has 118 valence electrons. The van der Waals surface area contributed by atoms with Crippen molar-refractivity contribution in [3.05, 3.63) is 48.0 Å². The van der Waals surface area contributed by atoms with Gasteiger partial charge in [-0.3, -0.25) is 0 Å². The standard InChI is InChI=1S/C17H20N6/c1-2-4-14(5-3-1)6-7-15-10-12-22(13-11-15)17-9-8-16-18-20-21-23(16)19-17/h1-5,8-9,15H,6-7,10-13H2. The highest BCUT2D eigenvalue weighted by Crippen LogP contribution is 2.25. The topological polar surface area (TPSA) is 59.2 Å². The summed E-state index contributed by atoms with van der Waals surface area (Å²) >= 11 is 0. The maximum absolute atomic E-state index is 4.48. The Kier molecular flexibility index (Phi) is 3.88. The first-order valence-corrected chi connectivity index (χ1v) is 8.23. The molecule has 0 aliphatic carbocycles. The lowest BCUT2D eigenvalue weighted by atomic mass is 9.90. The van der Waals surface area contributed by atoms with Crippen LogP contribution in [0.2, 0.25) is 0 Å². The summed E-state index contributed by atoms with van der Waals surface area (Å²) in [6.45, 7) is 2.11. The molecular formula is C17H20N6. The molecule has 0 bridgehead atoms. The van der Waals surface area contributed by atoms with Crippen LogP contribution >= 0.6 is 0 Å². The minimum atomic E-state index is 0.687. The SMILES string of the molecule is c1ccc(CCC2CCN(c3ccc4nnnn4n3)CC2)cc1. The molecule has 3 heterocycles. The number of nitrogens with zero attached hydrogens (tertiary/aromatic N) is 6. The molecule has 0 radical (unpaired) electrons. The van der Waals surface area contributed by atoms with Crippen LogP contribution in [-0.4, -0.2) is 38.3 Å². The van der Waals surface area contributed by atoms with Gasteiger partial charge in [0, 0.05) is 13.1 Å². The van der Waals surface area contributed by atoms with E-state index in [9.17, 15) is 0 Å². The summed E-state index contributed by atoms with van der Waals surface area (Å²) in [5.74, 6) is 1.77. The first-order valence-electron chi connectivity index (χ1n) is 8.23. The van der Waals surface area contributed by atoms with E-state index in [0.717, 1.165) is 24.8 Å². The molecule has 1 aromatic carbocycles. The fourth-order valence-corrected chi connectivity index (χ4v) is 3.28. The third-order valence-corrected chi connectivity index (χ3v) is 4.68. The zero-order valence-electron chi connectivity index (χ0n) is 13.0. The number of fused-ring (bicyclic) bond motifs is 1. The third kappa shape index (κ3) is 3.16. The van der Waals surface area contributed by atoms with E-state index < -0.39 is 0 Å². The number of aryl methyl sites for hydroxylation is 1. The van der Waals surface area contributed by atoms with Gasteiger partial charge in [-0.05, 0) is 59.7 Å². The van der Waals surface area contributed by atoms with Crippen LogP contribution in [0.25, 0.3) is 5.65 Å². The quantitative estimate of drug-likeness (QED) is 0.740. The molecule has 6 heteroatoms. The Morgan fingerprint density at radius 1 is 1.00 bits per heavy atom. The lowest BCUT2D eigenvalue weighted by molar-refractivity contribution is 0.380. The van der Waals surface area contributed by atoms with Gasteiger partial charge in [0.25, 0.3) is 0 Å². The van der Waals surface area contributed by atoms with Crippen LogP contribution < -0.4 is 4.90 Å². The second-order valence-electron chi connectivity index (χ2n) is 6.17. The van der Waals surface area contributed by atoms with Gasteiger partial charge >= 0.3 is 0 Å². The van der Waals surface area contributed by atoms with E-state index in [4.69, 9.17) is 0 Å². The van der Waals surface area contributed by atoms with Gasteiger partial charge in [-0.1, -0.05) is 30.3 Å². The van der Waals surface area contributed by atoms with E-state index in [-0.39, 0.29) is 0 Å². The molecule has 0 unspecified atom stereocenters. The molecule has 0 spiro atoms. The van der Waals surface area contributed by atoms with Crippen molar-refractivity contribution in [3.63, 3.8) is 0 Å². The maximum Gasteiger partial charge on any atom is 0.200 e. The van der Waals surface area contributed by atoms with Gasteiger partial charge in [-0.15, -0.1) is 14.8 Å². The Morgan fingerprint density at radius 3 is 2.65 bits per heavy atom. The van der Waals surface area contributed by atoms with Crippen LogP contribution in [0.15, 0.2) is 42.5 Å². The van der Waals surface area contributed by atoms with Gasteiger partial charge in [0.1, 0.15) is 0 Å². The number of anilines is 1. The molecule has 2 aromatic heterocycles. The van der Waals surface area contributed by atoms with Crippen molar-refractivity contribution in [3.8, 4) is 0 Å². The van der Waals surface area contributed by atoms with Crippen LogP contribution in [0.1, 0.15) is 24.8 Å². The molecule has 1 aliphatic rings. The van der Waals surface area contributed by atoms with E-state index in [2.05, 4.69) is 55.9 Å². The highest BCUT2D eigenvalue weighted by molar-refractivity contribution is 5.44. The van der Waals surface area contributed by atoms with Gasteiger partial charge in [-0.25, -0.2) is 0 Å². The fraction of sp³-hybridized carbons (Fsp3) is 0.412. The zero-order valence-corrected chi connectivity index (χ0v) is 13.0. The van der Waals surface area contributed by atoms with Gasteiger partial charge in [0.05, 0.1) is 0 Å². The molecule has 0 atom stereocenters. The summed E-state index contributed by atoms with van der Waals surface area (Å²) in [4.78, 5) is 2.33. The van der Waals surface area contributed by atoms with Crippen LogP contribution in [0.4, 0.5) is 5.82 Å². The Labute approximate surface area is 135 Å². The molecule has 1 fully saturated rings. The molecule has 6 nitrogen and oxygen atoms in total. The lowest BCUT2D eigenvalue weighted by Gasteiger charge is -2.32. The summed E-state index contributed by atoms with van der Waals surface area (Å²) in [5, 5.41) is 15.9. The van der Waals surface area contributed by atoms with Crippen LogP contribution in [0, 0.1) is 5.92 Å². The largest absolute Gasteiger partial charge is 0.355 e. The predicted octanol–water partition coefficient (Wildman–Crippen LogP) is 2.37. The van der Waals surface area contributed by atoms with E-state index in [1.807, 2.05) is 12.1 Å². The summed E-state index contributed by atoms with van der Waals surface area (Å²) in [7, 11) is 0. The average molecular weight is 308 g/mol. The molecule has 0 amide bonds. The molecule has 1 aliphatic heterocycles. The number of aromatic nitrogens is 5. The average Bonchev–Trinajstić information content (AvgIpc) is 3.09. The zero-order chi connectivity index (χ0) is 15.5. The Bertz CT molecular complexity index is 761. The molecule has 4 rings (SSSR count). The van der Waals surface area contributed by atoms with E-state index in [1.54, 1.807) is 0 Å². The van der Waals surface area contributed by atoms with Crippen LogP contribution in [0.5, 0.6) is 0 Å². The number of rotatable bonds is 4. The Hall–Kier alpha value is -2.50. The second kappa shape index (κ2) is 6.32. The van der Waals surface area contributed by atoms with Crippen molar-refractivity contribution in [1.82, 2.24) is 25.3 Å². The van der Waals surface area contributed by atoms with Crippen LogP contribution in [0.3, 0.4) is 0 Å². The maximum atomic E-state index is 4.48. The molecule has 1 saturated heterocycles. The monoisotopic (exact) mass is 308 g/mol. The van der Waals surface area contributed by atoms with Crippen molar-refractivity contribution < 1.29 is 0 Å². The third-order valence-electron chi connectivity index (χ3n) is 4.68. The van der Waals surface area contributed by atoms with Gasteiger partial charge < -0.3 is 4.90 Å². The molecule has 3 aromatic rings. The summed E-state index contributed by atoms with van der Waals surface area (Å²) in [5.41, 5.74) is 2.13. The smallest absolute Gasteiger partial charge is 0.200 e. The van der Waals surface area contributed by atoms with E-state index in [1.165, 1.54) is 35.9 Å². The summed E-state index contributed by atoms with van der Waals surface area (Å²) in [6, 6.07) is 14.7. The highest BCUT2D eigenvalue weighted by atomic mass is 15.6. The van der Waals surface area contributed by atoms with Crippen molar-refractivity contribution in [2.24, 2.45) is 5.92 Å². The van der Waals surface area contributed by atoms with Gasteiger partial charge in [-0.2, -0.15) is 0 Å². The van der Waals surface area contributed by atoms with Crippen LogP contribution in [-0.2, 0) is 6.42 Å². The number of hydrogen-bond donors (Lipinski definition) is 0. The minimum absolute atomic E-state index is 0.687. The molecule has 23 heavy (non-hydrogen) atoms. The first kappa shape index (κ1) is 14.1. The number of benzene rings is 1. The number of tetrazole rings is 1. The number of piperidine rings is 1. The van der Waals surface area contributed by atoms with Crippen molar-refractivity contribution in [1.29, 1.82) is 0 Å². The summed E-state index contributed by atoms with van der Waals surface area (Å²) in [6.07, 6.45) is 4.90. The van der Waals surface area contributed by atoms with Crippen molar-refractivity contribution in [2.45, 2.75) is 25.7 Å². The first-order chi connectivity index (χ1) is 11.4. The Balaban J connectivity index is 1.33. The molecule has 0 saturated carbocycles. The molecular weight excluding hydrogens is 288 g/mol. The van der Waals surface area contributed by atoms with Crippen molar-refractivity contribution >= 4 is 11.5 Å². The lowest BCUT2D eigenvalue weighted by Crippen LogP contribution is -2.34. The summed E-state index contributed by atoms with van der Waals surface area (Å²) < 4.78 is 1.50. The highest BCUT2D eigenvalue weighted by Gasteiger charge is 2.20.